The number of halogens is 29. The summed E-state index contributed by atoms with van der Waals surface area (Å²) in [5, 5.41) is 0. The van der Waals surface area contributed by atoms with E-state index >= 15 is 70.2 Å². The fraction of sp³-hybridized carbons (Fsp3) is 0.118. The van der Waals surface area contributed by atoms with Crippen molar-refractivity contribution >= 4 is 28.0 Å². The van der Waals surface area contributed by atoms with Crippen LogP contribution in [0.3, 0.4) is 0 Å². The maximum Gasteiger partial charge on any atom is 0.422 e. The highest BCUT2D eigenvalue weighted by Crippen LogP contribution is 2.42. The van der Waals surface area contributed by atoms with E-state index in [0.29, 0.717) is 0 Å². The molecule has 64 heavy (non-hydrogen) atoms. The van der Waals surface area contributed by atoms with Crippen LogP contribution in [0.5, 0.6) is 0 Å². The van der Waals surface area contributed by atoms with Crippen LogP contribution in [-0.4, -0.2) is 6.15 Å². The Bertz CT molecular complexity index is 2230. The number of hydrogen-bond acceptors (Lipinski definition) is 0. The normalized spacial score (nSPS) is 12.8. The average Bonchev–Trinajstić information content (AvgIpc) is 3.13. The molecule has 0 aliphatic heterocycles. The third-order valence-electron chi connectivity index (χ3n) is 8.80. The predicted octanol–water partition coefficient (Wildman–Crippen LogP) is 7.51. The van der Waals surface area contributed by atoms with Crippen molar-refractivity contribution in [3.05, 3.63) is 149 Å². The molecule has 0 heterocycles. The van der Waals surface area contributed by atoms with Gasteiger partial charge in [0.1, 0.15) is 74.9 Å². The van der Waals surface area contributed by atoms with E-state index in [1.165, 1.54) is 3.57 Å². The standard InChI is InChI=1S/C28BF28.C6H6I/c30-9-1(25(46,47)48)10(31)18(39)5(17(9)38)29(6-19(40)11(32)2(26(49,50)51)12(33)20(6)41,7-21(42)13(34)3(27(52,53)54)14(35)22(7)43)8-23(44)15(36)4(28(55,56)57)16(37)24(8)45;7-6-4-2-1-3-5-6/h;1-5,7H/q-1;+1. The third-order valence-corrected chi connectivity index (χ3v) is 9.58. The third kappa shape index (κ3) is 8.25. The van der Waals surface area contributed by atoms with Crippen LogP contribution in [0.4, 0.5) is 123 Å². The Labute approximate surface area is 347 Å². The highest BCUT2D eigenvalue weighted by molar-refractivity contribution is 7.20. The Hall–Kier alpha value is -5.07. The number of alkyl halides is 12. The van der Waals surface area contributed by atoms with Gasteiger partial charge in [-0.05, 0) is 12.1 Å². The van der Waals surface area contributed by atoms with Crippen LogP contribution in [0.15, 0.2) is 30.3 Å². The van der Waals surface area contributed by atoms with E-state index in [1.54, 1.807) is 0 Å². The Morgan fingerprint density at radius 1 is 0.266 bits per heavy atom. The molecular weight excluding hydrogens is 1080 g/mol. The minimum absolute atomic E-state index is 1.33. The first-order valence-corrected chi connectivity index (χ1v) is 16.7. The smallest absolute Gasteiger partial charge is 0.207 e. The maximum atomic E-state index is 15.9. The summed E-state index contributed by atoms with van der Waals surface area (Å²) in [6.45, 7) is 0. The quantitative estimate of drug-likeness (QED) is 0.0758. The molecular formula is C34H6BF28I. The van der Waals surface area contributed by atoms with E-state index < -0.39 is 168 Å². The van der Waals surface area contributed by atoms with Gasteiger partial charge in [-0.3, -0.25) is 0 Å². The zero-order valence-electron chi connectivity index (χ0n) is 29.0. The van der Waals surface area contributed by atoms with Crippen molar-refractivity contribution in [1.82, 2.24) is 0 Å². The van der Waals surface area contributed by atoms with Gasteiger partial charge in [-0.25, -0.2) is 70.2 Å². The van der Waals surface area contributed by atoms with Crippen LogP contribution >= 0.6 is 0 Å². The average molecular weight is 1080 g/mol. The molecule has 0 saturated heterocycles. The zero-order chi connectivity index (χ0) is 49.5. The van der Waals surface area contributed by atoms with Gasteiger partial charge < -0.3 is 0 Å². The van der Waals surface area contributed by atoms with Crippen molar-refractivity contribution in [1.29, 1.82) is 0 Å². The Balaban J connectivity index is 0.00000117. The lowest BCUT2D eigenvalue weighted by Gasteiger charge is -2.45. The molecule has 0 aliphatic carbocycles. The van der Waals surface area contributed by atoms with E-state index in [4.69, 9.17) is 0 Å². The molecule has 0 aromatic heterocycles. The molecule has 0 fully saturated rings. The molecule has 5 aromatic rings. The molecule has 0 radical (unpaired) electrons. The fourth-order valence-electron chi connectivity index (χ4n) is 6.40. The Morgan fingerprint density at radius 3 is 0.531 bits per heavy atom. The second-order valence-electron chi connectivity index (χ2n) is 12.3. The molecule has 5 aromatic carbocycles. The van der Waals surface area contributed by atoms with E-state index in [9.17, 15) is 52.7 Å². The molecule has 5 rings (SSSR count). The van der Waals surface area contributed by atoms with Crippen LogP contribution in [0.2, 0.25) is 0 Å². The molecule has 0 bridgehead atoms. The van der Waals surface area contributed by atoms with E-state index in [1.807, 2.05) is 40.8 Å². The summed E-state index contributed by atoms with van der Waals surface area (Å²) < 4.78 is 410. The number of hydrogen-bond donors (Lipinski definition) is 0. The molecule has 0 atom stereocenters. The lowest BCUT2D eigenvalue weighted by atomic mass is 9.12. The van der Waals surface area contributed by atoms with Gasteiger partial charge in [-0.1, -0.05) is 18.2 Å². The topological polar surface area (TPSA) is 0 Å². The fourth-order valence-corrected chi connectivity index (χ4v) is 6.85. The molecule has 0 aliphatic rings. The molecule has 0 spiro atoms. The monoisotopic (exact) mass is 1080 g/mol. The van der Waals surface area contributed by atoms with Crippen LogP contribution < -0.4 is 44.4 Å². The first-order chi connectivity index (χ1) is 28.9. The van der Waals surface area contributed by atoms with Gasteiger partial charge in [0.05, 0.1) is 0 Å². The second kappa shape index (κ2) is 17.1. The highest BCUT2D eigenvalue weighted by atomic mass is 127. The lowest BCUT2D eigenvalue weighted by molar-refractivity contribution is -0.328. The van der Waals surface area contributed by atoms with Gasteiger partial charge in [-0.2, -0.15) is 52.7 Å². The van der Waals surface area contributed by atoms with Crippen molar-refractivity contribution < 1.29 is 146 Å². The van der Waals surface area contributed by atoms with Gasteiger partial charge in [-0.15, -0.1) is 21.9 Å². The van der Waals surface area contributed by atoms with Gasteiger partial charge in [0.15, 0.2) is 50.1 Å². The van der Waals surface area contributed by atoms with Crippen molar-refractivity contribution in [3.8, 4) is 0 Å². The van der Waals surface area contributed by atoms with Crippen molar-refractivity contribution in [2.24, 2.45) is 0 Å². The first-order valence-electron chi connectivity index (χ1n) is 15.6. The van der Waals surface area contributed by atoms with Gasteiger partial charge in [0.2, 0.25) is 0 Å². The summed E-state index contributed by atoms with van der Waals surface area (Å²) in [5.41, 5.74) is -33.4. The summed E-state index contributed by atoms with van der Waals surface area (Å²) in [7, 11) is 0. The molecule has 0 amide bonds. The Morgan fingerprint density at radius 2 is 0.422 bits per heavy atom. The van der Waals surface area contributed by atoms with Crippen LogP contribution in [0, 0.1) is 96.6 Å². The largest absolute Gasteiger partial charge is 0.422 e. The van der Waals surface area contributed by atoms with Gasteiger partial charge >= 0.3 is 24.7 Å². The van der Waals surface area contributed by atoms with Crippen LogP contribution in [-0.2, 0) is 24.7 Å². The summed E-state index contributed by atoms with van der Waals surface area (Å²) in [6.07, 6.45) is -35.7. The first kappa shape index (κ1) is 51.6. The van der Waals surface area contributed by atoms with Crippen molar-refractivity contribution in [2.75, 3.05) is 0 Å². The minimum Gasteiger partial charge on any atom is -0.207 e. The zero-order valence-corrected chi connectivity index (χ0v) is 31.3. The van der Waals surface area contributed by atoms with Crippen molar-refractivity contribution in [3.63, 3.8) is 0 Å². The molecule has 0 nitrogen and oxygen atoms in total. The molecule has 30 heteroatoms. The van der Waals surface area contributed by atoms with Crippen molar-refractivity contribution in [2.45, 2.75) is 24.7 Å². The second-order valence-corrected chi connectivity index (χ2v) is 13.7. The summed E-state index contributed by atoms with van der Waals surface area (Å²) in [4.78, 5) is 0. The van der Waals surface area contributed by atoms with E-state index in [0.717, 1.165) is 0 Å². The number of benzene rings is 5. The highest BCUT2D eigenvalue weighted by Gasteiger charge is 2.56. The summed E-state index contributed by atoms with van der Waals surface area (Å²) in [6, 6.07) is 10.3. The van der Waals surface area contributed by atoms with E-state index in [-0.39, 0.29) is 0 Å². The molecule has 0 unspecified atom stereocenters. The molecule has 0 saturated carbocycles. The van der Waals surface area contributed by atoms with Crippen LogP contribution in [0.1, 0.15) is 22.3 Å². The molecule has 348 valence electrons. The van der Waals surface area contributed by atoms with Crippen LogP contribution in [0.25, 0.3) is 0 Å². The predicted molar refractivity (Wildman–Crippen MR) is 156 cm³/mol. The molecule has 0 N–H and O–H groups in total. The Kier molecular flexibility index (Phi) is 13.7. The SMILES string of the molecule is Fc1c(F)c(C(F)(F)F)c(F)c(F)c1[B-](c1c(F)c(F)c(C(F)(F)F)c(F)c1F)(c1c(F)c(F)c(C(F)(F)F)c(F)c1F)c1c(F)c(F)c(C(F)(F)F)c(F)c1F.[IH+]c1ccccc1. The summed E-state index contributed by atoms with van der Waals surface area (Å²) in [5.74, 6) is -69.9. The van der Waals surface area contributed by atoms with E-state index in [2.05, 4.69) is 12.1 Å². The maximum absolute atomic E-state index is 15.9. The van der Waals surface area contributed by atoms with Gasteiger partial charge in [0.25, 0.3) is 22.6 Å². The lowest BCUT2D eigenvalue weighted by Crippen LogP contribution is -3.34. The summed E-state index contributed by atoms with van der Waals surface area (Å²) >= 11 is 2.02. The number of rotatable bonds is 4. The minimum atomic E-state index is -8.18. The van der Waals surface area contributed by atoms with Gasteiger partial charge in [0, 0.05) is 0 Å².